The van der Waals surface area contributed by atoms with Crippen LogP contribution in [0.5, 0.6) is 0 Å². The minimum absolute atomic E-state index is 0.0213. The van der Waals surface area contributed by atoms with Crippen LogP contribution in [0.2, 0.25) is 0 Å². The topological polar surface area (TPSA) is 45.1 Å². The highest BCUT2D eigenvalue weighted by molar-refractivity contribution is 5.12. The minimum Gasteiger partial charge on any atom is -0.394 e. The number of rotatable bonds is 4. The van der Waals surface area contributed by atoms with Gasteiger partial charge in [0, 0.05) is 18.3 Å². The third-order valence-corrected chi connectivity index (χ3v) is 3.23. The maximum absolute atomic E-state index is 9.28. The molecule has 1 aromatic heterocycles. The molecule has 2 rings (SSSR count). The summed E-state index contributed by atoms with van der Waals surface area (Å²) in [4.78, 5) is 4.33. The van der Waals surface area contributed by atoms with Gasteiger partial charge in [0.05, 0.1) is 12.3 Å². The van der Waals surface area contributed by atoms with Gasteiger partial charge in [0.1, 0.15) is 0 Å². The van der Waals surface area contributed by atoms with E-state index in [1.165, 1.54) is 12.0 Å². The smallest absolute Gasteiger partial charge is 0.0613 e. The first-order valence-electron chi connectivity index (χ1n) is 5.52. The van der Waals surface area contributed by atoms with Crippen LogP contribution in [0, 0.1) is 6.92 Å². The third-order valence-electron chi connectivity index (χ3n) is 3.23. The number of hydrogen-bond acceptors (Lipinski definition) is 3. The van der Waals surface area contributed by atoms with E-state index in [4.69, 9.17) is 0 Å². The minimum atomic E-state index is -0.0213. The Labute approximate surface area is 90.5 Å². The first-order valence-corrected chi connectivity index (χ1v) is 5.52. The monoisotopic (exact) mass is 206 g/mol. The lowest BCUT2D eigenvalue weighted by Crippen LogP contribution is -2.53. The molecule has 0 unspecified atom stereocenters. The summed E-state index contributed by atoms with van der Waals surface area (Å²) < 4.78 is 0. The lowest BCUT2D eigenvalue weighted by Gasteiger charge is -2.41. The van der Waals surface area contributed by atoms with E-state index < -0.39 is 0 Å². The fourth-order valence-corrected chi connectivity index (χ4v) is 1.88. The van der Waals surface area contributed by atoms with Crippen molar-refractivity contribution in [1.82, 2.24) is 10.3 Å². The second-order valence-electron chi connectivity index (χ2n) is 4.47. The summed E-state index contributed by atoms with van der Waals surface area (Å²) in [5.41, 5.74) is 2.20. The van der Waals surface area contributed by atoms with Crippen LogP contribution in [-0.2, 0) is 6.54 Å². The molecule has 1 saturated carbocycles. The second-order valence-corrected chi connectivity index (χ2v) is 4.47. The summed E-state index contributed by atoms with van der Waals surface area (Å²) in [6.07, 6.45) is 5.25. The van der Waals surface area contributed by atoms with E-state index in [-0.39, 0.29) is 12.1 Å². The van der Waals surface area contributed by atoms with Gasteiger partial charge >= 0.3 is 0 Å². The molecule has 1 fully saturated rings. The Morgan fingerprint density at radius 2 is 2.27 bits per heavy atom. The van der Waals surface area contributed by atoms with Crippen molar-refractivity contribution in [2.45, 2.75) is 38.3 Å². The van der Waals surface area contributed by atoms with Gasteiger partial charge in [-0.3, -0.25) is 4.98 Å². The molecule has 3 heteroatoms. The lowest BCUT2D eigenvalue weighted by atomic mass is 9.77. The molecule has 0 saturated heterocycles. The Bertz CT molecular complexity index is 311. The van der Waals surface area contributed by atoms with Crippen LogP contribution in [0.4, 0.5) is 0 Å². The number of aliphatic hydroxyl groups is 1. The zero-order valence-electron chi connectivity index (χ0n) is 9.16. The number of pyridine rings is 1. The fourth-order valence-electron chi connectivity index (χ4n) is 1.88. The van der Waals surface area contributed by atoms with E-state index in [1.807, 2.05) is 19.2 Å². The molecular formula is C12H18N2O. The molecule has 0 aromatic carbocycles. The Morgan fingerprint density at radius 3 is 2.73 bits per heavy atom. The molecule has 3 nitrogen and oxygen atoms in total. The standard InChI is InChI=1S/C12H18N2O/c1-10-3-4-11(13-7-10)8-14-12(9-15)5-2-6-12/h3-4,7,14-15H,2,5-6,8-9H2,1H3. The average molecular weight is 206 g/mol. The van der Waals surface area contributed by atoms with Gasteiger partial charge in [-0.05, 0) is 37.8 Å². The maximum Gasteiger partial charge on any atom is 0.0613 e. The average Bonchev–Trinajstić information content (AvgIpc) is 2.20. The number of aryl methyl sites for hydroxylation is 1. The summed E-state index contributed by atoms with van der Waals surface area (Å²) in [5.74, 6) is 0. The molecule has 82 valence electrons. The van der Waals surface area contributed by atoms with E-state index in [0.717, 1.165) is 25.1 Å². The highest BCUT2D eigenvalue weighted by Gasteiger charge is 2.35. The molecule has 2 N–H and O–H groups in total. The first kappa shape index (κ1) is 10.6. The lowest BCUT2D eigenvalue weighted by molar-refractivity contribution is 0.0868. The van der Waals surface area contributed by atoms with Gasteiger partial charge in [0.25, 0.3) is 0 Å². The van der Waals surface area contributed by atoms with Crippen LogP contribution in [0.1, 0.15) is 30.5 Å². The molecule has 0 radical (unpaired) electrons. The Balaban J connectivity index is 1.90. The van der Waals surface area contributed by atoms with Crippen LogP contribution < -0.4 is 5.32 Å². The summed E-state index contributed by atoms with van der Waals surface area (Å²) in [7, 11) is 0. The second kappa shape index (κ2) is 4.29. The number of nitrogens with one attached hydrogen (secondary N) is 1. The highest BCUT2D eigenvalue weighted by atomic mass is 16.3. The Morgan fingerprint density at radius 1 is 1.47 bits per heavy atom. The number of aliphatic hydroxyl groups excluding tert-OH is 1. The van der Waals surface area contributed by atoms with Crippen LogP contribution in [-0.4, -0.2) is 22.2 Å². The van der Waals surface area contributed by atoms with Gasteiger partial charge in [0.15, 0.2) is 0 Å². The molecule has 1 heterocycles. The van der Waals surface area contributed by atoms with Crippen molar-refractivity contribution in [3.05, 3.63) is 29.6 Å². The first-order chi connectivity index (χ1) is 7.24. The molecule has 0 amide bonds. The van der Waals surface area contributed by atoms with E-state index in [1.54, 1.807) is 0 Å². The SMILES string of the molecule is Cc1ccc(CNC2(CO)CCC2)nc1. The van der Waals surface area contributed by atoms with E-state index in [9.17, 15) is 5.11 Å². The number of aromatic nitrogens is 1. The van der Waals surface area contributed by atoms with Crippen molar-refractivity contribution >= 4 is 0 Å². The van der Waals surface area contributed by atoms with Crippen LogP contribution >= 0.6 is 0 Å². The van der Waals surface area contributed by atoms with Gasteiger partial charge in [-0.25, -0.2) is 0 Å². The molecule has 0 spiro atoms. The Kier molecular flexibility index (Phi) is 3.03. The molecule has 0 atom stereocenters. The predicted molar refractivity (Wildman–Crippen MR) is 59.5 cm³/mol. The summed E-state index contributed by atoms with van der Waals surface area (Å²) >= 11 is 0. The van der Waals surface area contributed by atoms with Crippen molar-refractivity contribution in [1.29, 1.82) is 0 Å². The Hall–Kier alpha value is -0.930. The zero-order valence-corrected chi connectivity index (χ0v) is 9.16. The van der Waals surface area contributed by atoms with Crippen molar-refractivity contribution in [2.75, 3.05) is 6.61 Å². The van der Waals surface area contributed by atoms with Gasteiger partial charge in [0.2, 0.25) is 0 Å². The van der Waals surface area contributed by atoms with E-state index in [0.29, 0.717) is 0 Å². The van der Waals surface area contributed by atoms with Gasteiger partial charge < -0.3 is 10.4 Å². The van der Waals surface area contributed by atoms with Gasteiger partial charge in [-0.2, -0.15) is 0 Å². The molecule has 15 heavy (non-hydrogen) atoms. The predicted octanol–water partition coefficient (Wildman–Crippen LogP) is 1.39. The summed E-state index contributed by atoms with van der Waals surface area (Å²) in [6, 6.07) is 4.10. The van der Waals surface area contributed by atoms with Crippen molar-refractivity contribution in [3.63, 3.8) is 0 Å². The van der Waals surface area contributed by atoms with Crippen molar-refractivity contribution in [2.24, 2.45) is 0 Å². The molecule has 1 aliphatic rings. The van der Waals surface area contributed by atoms with Crippen LogP contribution in [0.3, 0.4) is 0 Å². The van der Waals surface area contributed by atoms with Crippen LogP contribution in [0.15, 0.2) is 18.3 Å². The highest BCUT2D eigenvalue weighted by Crippen LogP contribution is 2.31. The third kappa shape index (κ3) is 2.36. The zero-order chi connectivity index (χ0) is 10.7. The quantitative estimate of drug-likeness (QED) is 0.782. The fraction of sp³-hybridized carbons (Fsp3) is 0.583. The normalized spacial score (nSPS) is 18.5. The van der Waals surface area contributed by atoms with Crippen molar-refractivity contribution < 1.29 is 5.11 Å². The molecule has 0 aliphatic heterocycles. The van der Waals surface area contributed by atoms with Gasteiger partial charge in [-0.1, -0.05) is 6.07 Å². The number of nitrogens with zero attached hydrogens (tertiary/aromatic N) is 1. The molecular weight excluding hydrogens is 188 g/mol. The molecule has 1 aromatic rings. The summed E-state index contributed by atoms with van der Waals surface area (Å²) in [6.45, 7) is 3.02. The number of hydrogen-bond donors (Lipinski definition) is 2. The summed E-state index contributed by atoms with van der Waals surface area (Å²) in [5, 5.41) is 12.7. The van der Waals surface area contributed by atoms with E-state index in [2.05, 4.69) is 16.4 Å². The van der Waals surface area contributed by atoms with Crippen LogP contribution in [0.25, 0.3) is 0 Å². The molecule has 0 bridgehead atoms. The van der Waals surface area contributed by atoms with E-state index >= 15 is 0 Å². The molecule has 1 aliphatic carbocycles. The van der Waals surface area contributed by atoms with Crippen molar-refractivity contribution in [3.8, 4) is 0 Å². The van der Waals surface area contributed by atoms with Gasteiger partial charge in [-0.15, -0.1) is 0 Å². The largest absolute Gasteiger partial charge is 0.394 e. The maximum atomic E-state index is 9.28.